The van der Waals surface area contributed by atoms with Crippen LogP contribution in [0.1, 0.15) is 40.0 Å². The van der Waals surface area contributed by atoms with Crippen molar-refractivity contribution in [1.29, 1.82) is 0 Å². The molecule has 0 aromatic carbocycles. The van der Waals surface area contributed by atoms with Gasteiger partial charge in [0.25, 0.3) is 0 Å². The third-order valence-corrected chi connectivity index (χ3v) is 2.67. The summed E-state index contributed by atoms with van der Waals surface area (Å²) in [6.07, 6.45) is 2.97. The highest BCUT2D eigenvalue weighted by Crippen LogP contribution is 2.35. The Morgan fingerprint density at radius 2 is 1.93 bits per heavy atom. The van der Waals surface area contributed by atoms with Gasteiger partial charge in [0.15, 0.2) is 6.10 Å². The average Bonchev–Trinajstić information content (AvgIpc) is 2.95. The molecular formula is C12H22O3. The Morgan fingerprint density at radius 1 is 1.33 bits per heavy atom. The molecule has 0 saturated heterocycles. The predicted molar refractivity (Wildman–Crippen MR) is 58.5 cm³/mol. The lowest BCUT2D eigenvalue weighted by molar-refractivity contribution is -0.159. The van der Waals surface area contributed by atoms with Gasteiger partial charge in [-0.2, -0.15) is 0 Å². The summed E-state index contributed by atoms with van der Waals surface area (Å²) in [6.45, 7) is 6.34. The quantitative estimate of drug-likeness (QED) is 0.637. The van der Waals surface area contributed by atoms with Crippen LogP contribution < -0.4 is 0 Å². The van der Waals surface area contributed by atoms with Crippen molar-refractivity contribution < 1.29 is 14.3 Å². The maximum Gasteiger partial charge on any atom is 0.335 e. The second kappa shape index (κ2) is 5.50. The molecule has 2 unspecified atom stereocenters. The number of esters is 1. The van der Waals surface area contributed by atoms with Crippen LogP contribution in [0.2, 0.25) is 0 Å². The van der Waals surface area contributed by atoms with Gasteiger partial charge in [-0.05, 0) is 38.0 Å². The van der Waals surface area contributed by atoms with Gasteiger partial charge in [-0.15, -0.1) is 0 Å². The summed E-state index contributed by atoms with van der Waals surface area (Å²) in [5.74, 6) is 0.776. The molecule has 1 fully saturated rings. The first-order valence-electron chi connectivity index (χ1n) is 5.77. The van der Waals surface area contributed by atoms with Crippen LogP contribution in [0.3, 0.4) is 0 Å². The second-order valence-electron chi connectivity index (χ2n) is 4.86. The number of rotatable bonds is 6. The topological polar surface area (TPSA) is 35.5 Å². The number of carbonyl (C=O) groups excluding carboxylic acids is 1. The van der Waals surface area contributed by atoms with Crippen molar-refractivity contribution in [3.8, 4) is 0 Å². The second-order valence-corrected chi connectivity index (χ2v) is 4.86. The van der Waals surface area contributed by atoms with E-state index in [4.69, 9.17) is 9.47 Å². The van der Waals surface area contributed by atoms with Gasteiger partial charge in [-0.25, -0.2) is 4.79 Å². The van der Waals surface area contributed by atoms with E-state index in [-0.39, 0.29) is 18.2 Å². The van der Waals surface area contributed by atoms with Crippen LogP contribution in [0.25, 0.3) is 0 Å². The summed E-state index contributed by atoms with van der Waals surface area (Å²) in [5, 5.41) is 0. The van der Waals surface area contributed by atoms with Gasteiger partial charge >= 0.3 is 5.97 Å². The lowest BCUT2D eigenvalue weighted by atomic mass is 10.1. The van der Waals surface area contributed by atoms with Gasteiger partial charge in [0.05, 0.1) is 13.2 Å². The fourth-order valence-electron chi connectivity index (χ4n) is 1.84. The van der Waals surface area contributed by atoms with Gasteiger partial charge < -0.3 is 9.47 Å². The zero-order chi connectivity index (χ0) is 11.4. The lowest BCUT2D eigenvalue weighted by Crippen LogP contribution is -2.31. The number of methoxy groups -OCH3 is 1. The summed E-state index contributed by atoms with van der Waals surface area (Å²) in [5.41, 5.74) is 0. The van der Waals surface area contributed by atoms with E-state index < -0.39 is 0 Å². The molecule has 1 rings (SSSR count). The molecular weight excluding hydrogens is 192 g/mol. The Kier molecular flexibility index (Phi) is 4.58. The lowest BCUT2D eigenvalue weighted by Gasteiger charge is -2.21. The molecule has 1 saturated carbocycles. The van der Waals surface area contributed by atoms with E-state index in [1.807, 2.05) is 6.92 Å². The first kappa shape index (κ1) is 12.5. The number of ether oxygens (including phenoxy) is 2. The molecule has 88 valence electrons. The van der Waals surface area contributed by atoms with Gasteiger partial charge in [0.2, 0.25) is 0 Å². The molecule has 3 nitrogen and oxygen atoms in total. The first-order valence-corrected chi connectivity index (χ1v) is 5.77. The summed E-state index contributed by atoms with van der Waals surface area (Å²) in [4.78, 5) is 11.5. The Bertz CT molecular complexity index is 209. The van der Waals surface area contributed by atoms with Crippen LogP contribution in [0.4, 0.5) is 0 Å². The Balaban J connectivity index is 2.40. The van der Waals surface area contributed by atoms with Crippen LogP contribution >= 0.6 is 0 Å². The molecule has 2 atom stereocenters. The highest BCUT2D eigenvalue weighted by molar-refractivity contribution is 5.75. The zero-order valence-electron chi connectivity index (χ0n) is 10.2. The Morgan fingerprint density at radius 3 is 2.33 bits per heavy atom. The molecule has 0 aromatic rings. The van der Waals surface area contributed by atoms with Crippen LogP contribution in [-0.2, 0) is 14.3 Å². The third kappa shape index (κ3) is 4.20. The predicted octanol–water partition coefficient (Wildman–Crippen LogP) is 2.39. The average molecular weight is 214 g/mol. The van der Waals surface area contributed by atoms with E-state index in [0.717, 1.165) is 19.3 Å². The standard InChI is InChI=1S/C12H22O3/c1-8(2)7-9(3)15-11(10-5-6-10)12(13)14-4/h8-11H,5-7H2,1-4H3. The summed E-state index contributed by atoms with van der Waals surface area (Å²) < 4.78 is 10.5. The molecule has 0 amide bonds. The van der Waals surface area contributed by atoms with Crippen molar-refractivity contribution in [3.63, 3.8) is 0 Å². The Hall–Kier alpha value is -0.570. The highest BCUT2D eigenvalue weighted by atomic mass is 16.6. The maximum absolute atomic E-state index is 11.5. The van der Waals surface area contributed by atoms with E-state index >= 15 is 0 Å². The van der Waals surface area contributed by atoms with Crippen LogP contribution in [-0.4, -0.2) is 25.3 Å². The molecule has 0 aliphatic heterocycles. The van der Waals surface area contributed by atoms with Gasteiger partial charge in [-0.1, -0.05) is 13.8 Å². The molecule has 1 aliphatic carbocycles. The smallest absolute Gasteiger partial charge is 0.335 e. The van der Waals surface area contributed by atoms with Gasteiger partial charge in [0.1, 0.15) is 0 Å². The van der Waals surface area contributed by atoms with Crippen LogP contribution in [0, 0.1) is 11.8 Å². The van der Waals surface area contributed by atoms with Crippen LogP contribution in [0.5, 0.6) is 0 Å². The monoisotopic (exact) mass is 214 g/mol. The summed E-state index contributed by atoms with van der Waals surface area (Å²) >= 11 is 0. The molecule has 0 N–H and O–H groups in total. The van der Waals surface area contributed by atoms with Crippen molar-refractivity contribution >= 4 is 5.97 Å². The molecule has 1 aliphatic rings. The van der Waals surface area contributed by atoms with E-state index in [1.165, 1.54) is 7.11 Å². The first-order chi connectivity index (χ1) is 7.04. The molecule has 3 heteroatoms. The maximum atomic E-state index is 11.5. The Labute approximate surface area is 92.1 Å². The van der Waals surface area contributed by atoms with E-state index in [2.05, 4.69) is 13.8 Å². The van der Waals surface area contributed by atoms with Crippen molar-refractivity contribution in [3.05, 3.63) is 0 Å². The van der Waals surface area contributed by atoms with E-state index in [0.29, 0.717) is 11.8 Å². The SMILES string of the molecule is COC(=O)C(OC(C)CC(C)C)C1CC1. The third-order valence-electron chi connectivity index (χ3n) is 2.67. The molecule has 0 aromatic heterocycles. The van der Waals surface area contributed by atoms with Crippen LogP contribution in [0.15, 0.2) is 0 Å². The molecule has 15 heavy (non-hydrogen) atoms. The van der Waals surface area contributed by atoms with Gasteiger partial charge in [0, 0.05) is 0 Å². The number of hydrogen-bond donors (Lipinski definition) is 0. The zero-order valence-corrected chi connectivity index (χ0v) is 10.2. The molecule has 0 bridgehead atoms. The fraction of sp³-hybridized carbons (Fsp3) is 0.917. The van der Waals surface area contributed by atoms with Crippen molar-refractivity contribution in [1.82, 2.24) is 0 Å². The van der Waals surface area contributed by atoms with Crippen molar-refractivity contribution in [2.24, 2.45) is 11.8 Å². The highest BCUT2D eigenvalue weighted by Gasteiger charge is 2.38. The minimum atomic E-state index is -0.330. The summed E-state index contributed by atoms with van der Waals surface area (Å²) in [7, 11) is 1.42. The van der Waals surface area contributed by atoms with E-state index in [1.54, 1.807) is 0 Å². The van der Waals surface area contributed by atoms with E-state index in [9.17, 15) is 4.79 Å². The van der Waals surface area contributed by atoms with Crippen molar-refractivity contribution in [2.75, 3.05) is 7.11 Å². The van der Waals surface area contributed by atoms with Gasteiger partial charge in [-0.3, -0.25) is 0 Å². The fourth-order valence-corrected chi connectivity index (χ4v) is 1.84. The largest absolute Gasteiger partial charge is 0.467 e. The molecule has 0 radical (unpaired) electrons. The molecule has 0 heterocycles. The molecule has 0 spiro atoms. The minimum Gasteiger partial charge on any atom is -0.467 e. The normalized spacial score (nSPS) is 20.1. The summed E-state index contributed by atoms with van der Waals surface area (Å²) in [6, 6.07) is 0. The number of hydrogen-bond acceptors (Lipinski definition) is 3. The number of carbonyl (C=O) groups is 1. The van der Waals surface area contributed by atoms with Crippen molar-refractivity contribution in [2.45, 2.75) is 52.2 Å². The minimum absolute atomic E-state index is 0.134.